The molecule has 0 bridgehead atoms. The van der Waals surface area contributed by atoms with Gasteiger partial charge in [-0.15, -0.1) is 17.1 Å². The van der Waals surface area contributed by atoms with Crippen molar-refractivity contribution in [3.63, 3.8) is 0 Å². The number of likely N-dealkylation sites (N-methyl/N-ethyl adjacent to an activating group) is 1. The molecule has 3 rings (SSSR count). The fraction of sp³-hybridized carbons (Fsp3) is 0.500. The third-order valence-electron chi connectivity index (χ3n) is 4.97. The van der Waals surface area contributed by atoms with Gasteiger partial charge in [0.2, 0.25) is 5.78 Å². The zero-order valence-electron chi connectivity index (χ0n) is 16.0. The number of ketones is 1. The average molecular weight is 435 g/mol. The Morgan fingerprint density at radius 1 is 1.10 bits per heavy atom. The van der Waals surface area contributed by atoms with Gasteiger partial charge in [-0.2, -0.15) is 17.9 Å². The number of carbonyl (C=O) groups excluding carboxylic acids is 1. The van der Waals surface area contributed by atoms with Crippen LogP contribution in [-0.2, 0) is 6.18 Å². The quantitative estimate of drug-likeness (QED) is 0.421. The minimum atomic E-state index is -5.13. The van der Waals surface area contributed by atoms with E-state index in [0.717, 1.165) is 19.5 Å². The maximum absolute atomic E-state index is 13.4. The number of Topliss-reactive ketones (excluding diaryl/α,β-unsaturated/α-hetero) is 1. The van der Waals surface area contributed by atoms with Crippen LogP contribution < -0.4 is 14.4 Å². The summed E-state index contributed by atoms with van der Waals surface area (Å²) < 4.78 is 39.9. The molecule has 29 heavy (non-hydrogen) atoms. The Morgan fingerprint density at radius 2 is 1.79 bits per heavy atom. The Balaban J connectivity index is 0.00000300. The fourth-order valence-electron chi connectivity index (χ4n) is 3.44. The predicted molar refractivity (Wildman–Crippen MR) is 103 cm³/mol. The highest BCUT2D eigenvalue weighted by Gasteiger charge is 2.50. The highest BCUT2D eigenvalue weighted by molar-refractivity contribution is 5.94. The van der Waals surface area contributed by atoms with Crippen LogP contribution in [0.4, 0.5) is 18.9 Å². The minimum absolute atomic E-state index is 0. The number of nitrogens with zero attached hydrogens (tertiary/aromatic N) is 4. The zero-order valence-corrected chi connectivity index (χ0v) is 16.8. The van der Waals surface area contributed by atoms with Crippen molar-refractivity contribution in [2.45, 2.75) is 25.9 Å². The summed E-state index contributed by atoms with van der Waals surface area (Å²) in [5, 5.41) is 25.1. The van der Waals surface area contributed by atoms with Crippen LogP contribution >= 0.6 is 12.4 Å². The Bertz CT molecular complexity index is 924. The van der Waals surface area contributed by atoms with Crippen LogP contribution in [0.25, 0.3) is 11.0 Å². The first kappa shape index (κ1) is 23.0. The number of alkyl halides is 3. The standard InChI is InChI=1S/C18H21F3N4O3.ClH/c1-3-15(26)16-17(18(19,20)21)25(28)13-6-5-12(11-14(13)24(16)27)23-8-4-7-22(2)9-10-23;/h5-6,11H,3-4,7-10H2,1-2H3;1H. The third kappa shape index (κ3) is 4.32. The molecule has 1 saturated heterocycles. The van der Waals surface area contributed by atoms with Gasteiger partial charge in [-0.3, -0.25) is 4.79 Å². The van der Waals surface area contributed by atoms with Crippen molar-refractivity contribution < 1.29 is 27.4 Å². The number of hydrogen-bond acceptors (Lipinski definition) is 5. The van der Waals surface area contributed by atoms with Crippen molar-refractivity contribution in [1.82, 2.24) is 4.90 Å². The van der Waals surface area contributed by atoms with Gasteiger partial charge in [0.1, 0.15) is 0 Å². The van der Waals surface area contributed by atoms with E-state index in [9.17, 15) is 28.4 Å². The Hall–Kier alpha value is -2.33. The number of hydrogen-bond donors (Lipinski definition) is 0. The molecule has 0 amide bonds. The molecule has 0 spiro atoms. The number of rotatable bonds is 3. The van der Waals surface area contributed by atoms with Gasteiger partial charge in [0.25, 0.3) is 11.0 Å². The molecular weight excluding hydrogens is 413 g/mol. The summed E-state index contributed by atoms with van der Waals surface area (Å²) in [6, 6.07) is 4.12. The second-order valence-corrected chi connectivity index (χ2v) is 6.88. The van der Waals surface area contributed by atoms with Crippen molar-refractivity contribution in [3.05, 3.63) is 40.0 Å². The van der Waals surface area contributed by atoms with Crippen molar-refractivity contribution in [2.24, 2.45) is 0 Å². The van der Waals surface area contributed by atoms with Crippen molar-refractivity contribution in [3.8, 4) is 0 Å². The van der Waals surface area contributed by atoms with E-state index in [4.69, 9.17) is 0 Å². The molecular formula is C18H22ClF3N4O3. The van der Waals surface area contributed by atoms with E-state index in [1.165, 1.54) is 25.1 Å². The molecule has 1 aromatic heterocycles. The molecule has 1 aromatic carbocycles. The molecule has 2 heterocycles. The Morgan fingerprint density at radius 3 is 2.41 bits per heavy atom. The molecule has 0 unspecified atom stereocenters. The molecule has 160 valence electrons. The van der Waals surface area contributed by atoms with E-state index in [1.807, 2.05) is 11.9 Å². The highest BCUT2D eigenvalue weighted by atomic mass is 35.5. The number of fused-ring (bicyclic) bond motifs is 1. The van der Waals surface area contributed by atoms with E-state index in [-0.39, 0.29) is 33.8 Å². The number of aromatic nitrogens is 2. The van der Waals surface area contributed by atoms with Gasteiger partial charge in [-0.25, -0.2) is 0 Å². The summed E-state index contributed by atoms with van der Waals surface area (Å²) in [5.74, 6) is -1.03. The Kier molecular flexibility index (Phi) is 6.79. The molecule has 1 fully saturated rings. The van der Waals surface area contributed by atoms with Crippen LogP contribution in [0, 0.1) is 10.4 Å². The number of benzene rings is 1. The Labute approximate surface area is 171 Å². The summed E-state index contributed by atoms with van der Waals surface area (Å²) in [6.07, 6.45) is -4.56. The zero-order chi connectivity index (χ0) is 20.6. The van der Waals surface area contributed by atoms with Crippen molar-refractivity contribution in [1.29, 1.82) is 0 Å². The molecule has 2 aromatic rings. The van der Waals surface area contributed by atoms with Crippen LogP contribution in [0.2, 0.25) is 0 Å². The first-order chi connectivity index (χ1) is 13.1. The molecule has 11 heteroatoms. The molecule has 0 aliphatic carbocycles. The maximum Gasteiger partial charge on any atom is 0.486 e. The second kappa shape index (κ2) is 8.58. The van der Waals surface area contributed by atoms with Crippen LogP contribution in [0.3, 0.4) is 0 Å². The smallest absolute Gasteiger partial charge is 0.486 e. The van der Waals surface area contributed by atoms with Gasteiger partial charge in [0.15, 0.2) is 0 Å². The predicted octanol–water partition coefficient (Wildman–Crippen LogP) is 2.28. The van der Waals surface area contributed by atoms with Crippen LogP contribution in [0.15, 0.2) is 18.2 Å². The lowest BCUT2D eigenvalue weighted by molar-refractivity contribution is -0.647. The van der Waals surface area contributed by atoms with Gasteiger partial charge < -0.3 is 20.2 Å². The topological polar surface area (TPSA) is 77.4 Å². The van der Waals surface area contributed by atoms with Crippen LogP contribution in [0.1, 0.15) is 35.9 Å². The van der Waals surface area contributed by atoms with Crippen LogP contribution in [-0.4, -0.2) is 43.9 Å². The molecule has 0 N–H and O–H groups in total. The summed E-state index contributed by atoms with van der Waals surface area (Å²) >= 11 is 0. The highest BCUT2D eigenvalue weighted by Crippen LogP contribution is 2.30. The van der Waals surface area contributed by atoms with E-state index in [1.54, 1.807) is 0 Å². The minimum Gasteiger partial charge on any atom is -0.618 e. The first-order valence-corrected chi connectivity index (χ1v) is 9.02. The monoisotopic (exact) mass is 434 g/mol. The number of anilines is 1. The average Bonchev–Trinajstić information content (AvgIpc) is 2.87. The first-order valence-electron chi connectivity index (χ1n) is 9.02. The third-order valence-corrected chi connectivity index (χ3v) is 4.97. The lowest BCUT2D eigenvalue weighted by atomic mass is 10.1. The van der Waals surface area contributed by atoms with E-state index >= 15 is 0 Å². The lowest BCUT2D eigenvalue weighted by Gasteiger charge is -2.23. The number of halogens is 4. The van der Waals surface area contributed by atoms with Crippen LogP contribution in [0.5, 0.6) is 0 Å². The van der Waals surface area contributed by atoms with Gasteiger partial charge >= 0.3 is 17.6 Å². The van der Waals surface area contributed by atoms with Crippen molar-refractivity contribution >= 4 is 34.9 Å². The van der Waals surface area contributed by atoms with Gasteiger partial charge in [-0.05, 0) is 26.1 Å². The van der Waals surface area contributed by atoms with Gasteiger partial charge in [0, 0.05) is 43.9 Å². The molecule has 7 nitrogen and oxygen atoms in total. The van der Waals surface area contributed by atoms with E-state index < -0.39 is 28.9 Å². The normalized spacial score (nSPS) is 15.8. The van der Waals surface area contributed by atoms with Gasteiger partial charge in [0.05, 0.1) is 0 Å². The van der Waals surface area contributed by atoms with Gasteiger partial charge in [-0.1, -0.05) is 6.92 Å². The molecule has 1 aliphatic rings. The summed E-state index contributed by atoms with van der Waals surface area (Å²) in [7, 11) is 2.00. The summed E-state index contributed by atoms with van der Waals surface area (Å²) in [5.41, 5.74) is -2.99. The lowest BCUT2D eigenvalue weighted by Crippen LogP contribution is -2.50. The van der Waals surface area contributed by atoms with E-state index in [0.29, 0.717) is 18.8 Å². The molecule has 0 atom stereocenters. The summed E-state index contributed by atoms with van der Waals surface area (Å²) in [4.78, 5) is 16.2. The van der Waals surface area contributed by atoms with Crippen molar-refractivity contribution in [2.75, 3.05) is 38.1 Å². The maximum atomic E-state index is 13.4. The second-order valence-electron chi connectivity index (χ2n) is 6.88. The molecule has 0 saturated carbocycles. The molecule has 0 radical (unpaired) electrons. The number of carbonyl (C=O) groups is 1. The molecule has 1 aliphatic heterocycles. The largest absolute Gasteiger partial charge is 0.618 e. The summed E-state index contributed by atoms with van der Waals surface area (Å²) in [6.45, 7) is 4.44. The fourth-order valence-corrected chi connectivity index (χ4v) is 3.44. The van der Waals surface area contributed by atoms with E-state index in [2.05, 4.69) is 4.90 Å². The SMILES string of the molecule is CCC(=O)c1c(C(F)(F)F)[n+]([O-])c2ccc(N3CCCN(C)CC3)cc2[n+]1[O-].Cl.